The van der Waals surface area contributed by atoms with Crippen LogP contribution in [0.25, 0.3) is 0 Å². The molecule has 7 nitrogen and oxygen atoms in total. The van der Waals surface area contributed by atoms with Gasteiger partial charge in [0.1, 0.15) is 0 Å². The number of nitrogens with zero attached hydrogens (tertiary/aromatic N) is 3. The molecule has 1 aliphatic rings. The number of methoxy groups -OCH3 is 1. The van der Waals surface area contributed by atoms with E-state index in [-0.39, 0.29) is 23.6 Å². The quantitative estimate of drug-likeness (QED) is 0.810. The highest BCUT2D eigenvalue weighted by Gasteiger charge is 2.30. The maximum atomic E-state index is 13.0. The molecule has 1 aromatic heterocycles. The van der Waals surface area contributed by atoms with E-state index >= 15 is 0 Å². The van der Waals surface area contributed by atoms with Crippen LogP contribution in [0.4, 0.5) is 0 Å². The lowest BCUT2D eigenvalue weighted by atomic mass is 10.1. The first kappa shape index (κ1) is 16.8. The lowest BCUT2D eigenvalue weighted by Crippen LogP contribution is -2.38. The summed E-state index contributed by atoms with van der Waals surface area (Å²) in [7, 11) is -0.544. The normalized spacial score (nSPS) is 15.2. The second-order valence-electron chi connectivity index (χ2n) is 5.71. The monoisotopic (exact) mass is 349 g/mol. The third kappa shape index (κ3) is 3.00. The maximum Gasteiger partial charge on any atom is 0.266 e. The van der Waals surface area contributed by atoms with Crippen molar-refractivity contribution < 1.29 is 13.2 Å². The first-order valence-electron chi connectivity index (χ1n) is 7.56. The first-order valence-corrected chi connectivity index (χ1v) is 9.00. The highest BCUT2D eigenvalue weighted by molar-refractivity contribution is 7.89. The molecule has 0 fully saturated rings. The zero-order chi connectivity index (χ0) is 17.3. The second kappa shape index (κ2) is 6.46. The van der Waals surface area contributed by atoms with Crippen LogP contribution >= 0.6 is 0 Å². The summed E-state index contributed by atoms with van der Waals surface area (Å²) in [5.74, 6) is 0. The minimum absolute atomic E-state index is 0.155. The number of aromatic nitrogens is 2. The van der Waals surface area contributed by atoms with E-state index in [9.17, 15) is 13.2 Å². The number of hydrogen-bond donors (Lipinski definition) is 0. The standard InChI is InChI=1S/C16H19N3O4S/c1-18-16(20)9-13-10-19(8-7-14(13)17-18)24(21,22)15-6-4-3-5-12(15)11-23-2/h3-6,9H,7-8,10-11H2,1-2H3. The Morgan fingerprint density at radius 2 is 2.04 bits per heavy atom. The molecule has 0 amide bonds. The largest absolute Gasteiger partial charge is 0.380 e. The summed E-state index contributed by atoms with van der Waals surface area (Å²) in [6.45, 7) is 0.714. The van der Waals surface area contributed by atoms with E-state index in [0.29, 0.717) is 24.1 Å². The molecule has 0 bridgehead atoms. The van der Waals surface area contributed by atoms with Crippen molar-refractivity contribution in [3.63, 3.8) is 0 Å². The molecule has 24 heavy (non-hydrogen) atoms. The van der Waals surface area contributed by atoms with Gasteiger partial charge in [0.15, 0.2) is 0 Å². The molecule has 0 aliphatic carbocycles. The third-order valence-corrected chi connectivity index (χ3v) is 6.04. The van der Waals surface area contributed by atoms with E-state index in [2.05, 4.69) is 5.10 Å². The smallest absolute Gasteiger partial charge is 0.266 e. The van der Waals surface area contributed by atoms with Gasteiger partial charge in [0.05, 0.1) is 17.2 Å². The summed E-state index contributed by atoms with van der Waals surface area (Å²) < 4.78 is 33.8. The Morgan fingerprint density at radius 3 is 2.79 bits per heavy atom. The minimum atomic E-state index is -3.66. The van der Waals surface area contributed by atoms with Crippen molar-refractivity contribution in [1.29, 1.82) is 0 Å². The van der Waals surface area contributed by atoms with Crippen LogP contribution in [0.2, 0.25) is 0 Å². The van der Waals surface area contributed by atoms with Crippen molar-refractivity contribution in [2.24, 2.45) is 7.05 Å². The van der Waals surface area contributed by atoms with Gasteiger partial charge in [0.25, 0.3) is 5.56 Å². The lowest BCUT2D eigenvalue weighted by Gasteiger charge is -2.28. The van der Waals surface area contributed by atoms with Crippen LogP contribution in [0.5, 0.6) is 0 Å². The Balaban J connectivity index is 1.97. The van der Waals surface area contributed by atoms with Gasteiger partial charge >= 0.3 is 0 Å². The number of ether oxygens (including phenoxy) is 1. The van der Waals surface area contributed by atoms with E-state index in [1.54, 1.807) is 31.3 Å². The summed E-state index contributed by atoms with van der Waals surface area (Å²) in [6.07, 6.45) is 0.481. The molecule has 0 unspecified atom stereocenters. The molecule has 3 rings (SSSR count). The van der Waals surface area contributed by atoms with Gasteiger partial charge in [0, 0.05) is 39.7 Å². The van der Waals surface area contributed by atoms with Gasteiger partial charge < -0.3 is 4.74 Å². The molecule has 0 N–H and O–H groups in total. The number of rotatable bonds is 4. The van der Waals surface area contributed by atoms with E-state index in [0.717, 1.165) is 5.69 Å². The summed E-state index contributed by atoms with van der Waals surface area (Å²) in [5.41, 5.74) is 1.81. The fraction of sp³-hybridized carbons (Fsp3) is 0.375. The van der Waals surface area contributed by atoms with Crippen molar-refractivity contribution in [3.8, 4) is 0 Å². The van der Waals surface area contributed by atoms with Crippen molar-refractivity contribution in [2.75, 3.05) is 13.7 Å². The van der Waals surface area contributed by atoms with Crippen molar-refractivity contribution in [2.45, 2.75) is 24.5 Å². The van der Waals surface area contributed by atoms with Gasteiger partial charge in [-0.1, -0.05) is 18.2 Å². The Morgan fingerprint density at radius 1 is 1.29 bits per heavy atom. The molecule has 2 aromatic rings. The Kier molecular flexibility index (Phi) is 4.53. The van der Waals surface area contributed by atoms with Crippen molar-refractivity contribution in [1.82, 2.24) is 14.1 Å². The summed E-state index contributed by atoms with van der Waals surface area (Å²) in [5, 5.41) is 4.21. The number of hydrogen-bond acceptors (Lipinski definition) is 5. The number of sulfonamides is 1. The van der Waals surface area contributed by atoms with Gasteiger partial charge in [-0.15, -0.1) is 0 Å². The molecule has 0 radical (unpaired) electrons. The van der Waals surface area contributed by atoms with Gasteiger partial charge in [-0.05, 0) is 17.2 Å². The van der Waals surface area contributed by atoms with E-state index < -0.39 is 10.0 Å². The lowest BCUT2D eigenvalue weighted by molar-refractivity contribution is 0.182. The Hall–Kier alpha value is -2.03. The zero-order valence-corrected chi connectivity index (χ0v) is 14.4. The van der Waals surface area contributed by atoms with Crippen LogP contribution in [-0.4, -0.2) is 36.2 Å². The summed E-state index contributed by atoms with van der Waals surface area (Å²) >= 11 is 0. The number of fused-ring (bicyclic) bond motifs is 1. The van der Waals surface area contributed by atoms with Crippen molar-refractivity contribution >= 4 is 10.0 Å². The molecule has 0 spiro atoms. The average Bonchev–Trinajstić information content (AvgIpc) is 2.56. The van der Waals surface area contributed by atoms with E-state index in [1.165, 1.54) is 22.2 Å². The van der Waals surface area contributed by atoms with Crippen LogP contribution in [0.15, 0.2) is 40.0 Å². The molecule has 2 heterocycles. The molecule has 128 valence electrons. The predicted octanol–water partition coefficient (Wildman–Crippen LogP) is 0.674. The summed E-state index contributed by atoms with van der Waals surface area (Å²) in [4.78, 5) is 12.0. The SMILES string of the molecule is COCc1ccccc1S(=O)(=O)N1CCc2nn(C)c(=O)cc2C1. The minimum Gasteiger partial charge on any atom is -0.380 e. The molecule has 1 aromatic carbocycles. The van der Waals surface area contributed by atoms with Gasteiger partial charge in [-0.25, -0.2) is 13.1 Å². The Labute approximate surface area is 140 Å². The summed E-state index contributed by atoms with van der Waals surface area (Å²) in [6, 6.07) is 8.27. The maximum absolute atomic E-state index is 13.0. The van der Waals surface area contributed by atoms with Crippen LogP contribution in [0.3, 0.4) is 0 Å². The van der Waals surface area contributed by atoms with Gasteiger partial charge in [-0.2, -0.15) is 9.40 Å². The Bertz CT molecular complexity index is 921. The molecule has 0 saturated carbocycles. The second-order valence-corrected chi connectivity index (χ2v) is 7.61. The van der Waals surface area contributed by atoms with E-state index in [4.69, 9.17) is 4.74 Å². The number of aryl methyl sites for hydroxylation is 1. The topological polar surface area (TPSA) is 81.5 Å². The van der Waals surface area contributed by atoms with Crippen LogP contribution in [0, 0.1) is 0 Å². The molecular formula is C16H19N3O4S. The third-order valence-electron chi connectivity index (χ3n) is 4.09. The zero-order valence-electron chi connectivity index (χ0n) is 13.6. The predicted molar refractivity (Wildman–Crippen MR) is 87.9 cm³/mol. The molecule has 0 atom stereocenters. The van der Waals surface area contributed by atoms with Crippen LogP contribution < -0.4 is 5.56 Å². The highest BCUT2D eigenvalue weighted by atomic mass is 32.2. The molecular weight excluding hydrogens is 330 g/mol. The van der Waals surface area contributed by atoms with Crippen molar-refractivity contribution in [3.05, 3.63) is 57.5 Å². The molecule has 1 aliphatic heterocycles. The van der Waals surface area contributed by atoms with E-state index in [1.807, 2.05) is 0 Å². The van der Waals surface area contributed by atoms with Crippen LogP contribution in [-0.2, 0) is 41.4 Å². The van der Waals surface area contributed by atoms with Crippen LogP contribution in [0.1, 0.15) is 16.8 Å². The fourth-order valence-electron chi connectivity index (χ4n) is 2.84. The van der Waals surface area contributed by atoms with Gasteiger partial charge in [-0.3, -0.25) is 4.79 Å². The highest BCUT2D eigenvalue weighted by Crippen LogP contribution is 2.25. The number of benzene rings is 1. The molecule has 8 heteroatoms. The average molecular weight is 349 g/mol. The molecule has 0 saturated heterocycles. The van der Waals surface area contributed by atoms with Gasteiger partial charge in [0.2, 0.25) is 10.0 Å². The first-order chi connectivity index (χ1) is 11.4. The fourth-order valence-corrected chi connectivity index (χ4v) is 4.47.